The minimum absolute atomic E-state index is 0.121. The van der Waals surface area contributed by atoms with Crippen molar-refractivity contribution in [1.82, 2.24) is 10.2 Å². The van der Waals surface area contributed by atoms with Crippen molar-refractivity contribution in [2.75, 3.05) is 19.7 Å². The Hall–Kier alpha value is -1.39. The van der Waals surface area contributed by atoms with Crippen LogP contribution >= 0.6 is 0 Å². The molecule has 2 aliphatic heterocycles. The van der Waals surface area contributed by atoms with Gasteiger partial charge in [-0.1, -0.05) is 30.3 Å². The molecule has 0 aliphatic carbocycles. The molecule has 4 nitrogen and oxygen atoms in total. The Morgan fingerprint density at radius 1 is 1.20 bits per heavy atom. The van der Waals surface area contributed by atoms with Gasteiger partial charge in [-0.2, -0.15) is 0 Å². The normalized spacial score (nSPS) is 25.5. The van der Waals surface area contributed by atoms with Crippen molar-refractivity contribution >= 4 is 5.91 Å². The molecule has 108 valence electrons. The fourth-order valence-electron chi connectivity index (χ4n) is 3.09. The van der Waals surface area contributed by atoms with E-state index in [4.69, 9.17) is 4.74 Å². The Labute approximate surface area is 120 Å². The second-order valence-corrected chi connectivity index (χ2v) is 5.74. The zero-order valence-corrected chi connectivity index (χ0v) is 11.8. The third-order valence-electron chi connectivity index (χ3n) is 4.21. The average molecular weight is 274 g/mol. The van der Waals surface area contributed by atoms with Crippen molar-refractivity contribution in [1.29, 1.82) is 0 Å². The number of rotatable bonds is 4. The van der Waals surface area contributed by atoms with E-state index in [1.807, 2.05) is 35.2 Å². The molecule has 20 heavy (non-hydrogen) atoms. The maximum Gasteiger partial charge on any atom is 0.248 e. The average Bonchev–Trinajstić information content (AvgIpc) is 2.79. The number of benzene rings is 1. The number of amides is 1. The molecule has 4 heteroatoms. The van der Waals surface area contributed by atoms with Gasteiger partial charge in [-0.25, -0.2) is 0 Å². The van der Waals surface area contributed by atoms with Gasteiger partial charge in [0.25, 0.3) is 0 Å². The predicted octanol–water partition coefficient (Wildman–Crippen LogP) is 1.56. The van der Waals surface area contributed by atoms with E-state index in [1.165, 1.54) is 12.8 Å². The summed E-state index contributed by atoms with van der Waals surface area (Å²) in [5, 5.41) is 3.58. The molecule has 3 rings (SSSR count). The lowest BCUT2D eigenvalue weighted by molar-refractivity contribution is -0.136. The highest BCUT2D eigenvalue weighted by Gasteiger charge is 2.30. The highest BCUT2D eigenvalue weighted by molar-refractivity contribution is 5.77. The van der Waals surface area contributed by atoms with Gasteiger partial charge in [-0.15, -0.1) is 0 Å². The third-order valence-corrected chi connectivity index (χ3v) is 4.21. The number of carbonyl (C=O) groups is 1. The summed E-state index contributed by atoms with van der Waals surface area (Å²) in [5.41, 5.74) is 1.11. The van der Waals surface area contributed by atoms with Crippen LogP contribution in [0, 0.1) is 0 Å². The Bertz CT molecular complexity index is 449. The van der Waals surface area contributed by atoms with E-state index in [2.05, 4.69) is 5.32 Å². The lowest BCUT2D eigenvalue weighted by Crippen LogP contribution is -2.40. The summed E-state index contributed by atoms with van der Waals surface area (Å²) in [6, 6.07) is 11.1. The molecule has 0 saturated carbocycles. The van der Waals surface area contributed by atoms with Crippen LogP contribution < -0.4 is 5.32 Å². The molecule has 2 aliphatic rings. The third kappa shape index (κ3) is 3.38. The Morgan fingerprint density at radius 2 is 2.00 bits per heavy atom. The van der Waals surface area contributed by atoms with Crippen LogP contribution in [-0.4, -0.2) is 42.6 Å². The van der Waals surface area contributed by atoms with Crippen LogP contribution in [0.3, 0.4) is 0 Å². The topological polar surface area (TPSA) is 41.6 Å². The fourth-order valence-corrected chi connectivity index (χ4v) is 3.09. The minimum Gasteiger partial charge on any atom is -0.367 e. The molecular weight excluding hydrogens is 252 g/mol. The maximum atomic E-state index is 12.2. The van der Waals surface area contributed by atoms with Gasteiger partial charge in [0.2, 0.25) is 5.91 Å². The van der Waals surface area contributed by atoms with Crippen molar-refractivity contribution in [3.63, 3.8) is 0 Å². The quantitative estimate of drug-likeness (QED) is 0.906. The number of fused-ring (bicyclic) bond motifs is 2. The standard InChI is InChI=1S/C16H22N2O2/c19-16(12-20-11-13-4-2-1-3-5-13)18-9-8-14-6-7-15(10-18)17-14/h1-5,14-15,17H,6-12H2. The molecule has 0 spiro atoms. The lowest BCUT2D eigenvalue weighted by atomic mass is 10.1. The summed E-state index contributed by atoms with van der Waals surface area (Å²) in [4.78, 5) is 14.2. The fraction of sp³-hybridized carbons (Fsp3) is 0.562. The first-order valence-electron chi connectivity index (χ1n) is 7.47. The van der Waals surface area contributed by atoms with Crippen molar-refractivity contribution < 1.29 is 9.53 Å². The van der Waals surface area contributed by atoms with Crippen LogP contribution in [0.4, 0.5) is 0 Å². The SMILES string of the molecule is O=C(COCc1ccccc1)N1CCC2CCC(C1)N2. The van der Waals surface area contributed by atoms with Gasteiger partial charge in [-0.05, 0) is 24.8 Å². The Balaban J connectivity index is 1.44. The van der Waals surface area contributed by atoms with E-state index in [0.717, 1.165) is 25.1 Å². The number of nitrogens with one attached hydrogen (secondary N) is 1. The summed E-state index contributed by atoms with van der Waals surface area (Å²) >= 11 is 0. The molecule has 2 heterocycles. The number of nitrogens with zero attached hydrogens (tertiary/aromatic N) is 1. The highest BCUT2D eigenvalue weighted by Crippen LogP contribution is 2.20. The van der Waals surface area contributed by atoms with Crippen molar-refractivity contribution in [3.05, 3.63) is 35.9 Å². The summed E-state index contributed by atoms with van der Waals surface area (Å²) in [6.45, 7) is 2.39. The van der Waals surface area contributed by atoms with E-state index in [9.17, 15) is 4.79 Å². The van der Waals surface area contributed by atoms with Gasteiger partial charge < -0.3 is 15.0 Å². The lowest BCUT2D eigenvalue weighted by Gasteiger charge is -2.24. The first-order chi connectivity index (χ1) is 9.81. The highest BCUT2D eigenvalue weighted by atomic mass is 16.5. The molecule has 1 N–H and O–H groups in total. The van der Waals surface area contributed by atoms with Crippen molar-refractivity contribution in [2.24, 2.45) is 0 Å². The second-order valence-electron chi connectivity index (χ2n) is 5.74. The minimum atomic E-state index is 0.121. The Kier molecular flexibility index (Phi) is 4.33. The van der Waals surface area contributed by atoms with Gasteiger partial charge >= 0.3 is 0 Å². The number of hydrogen-bond donors (Lipinski definition) is 1. The monoisotopic (exact) mass is 274 g/mol. The molecule has 2 unspecified atom stereocenters. The summed E-state index contributed by atoms with van der Waals surface area (Å²) < 4.78 is 5.54. The zero-order chi connectivity index (χ0) is 13.8. The van der Waals surface area contributed by atoms with E-state index in [0.29, 0.717) is 18.7 Å². The molecule has 2 fully saturated rings. The number of likely N-dealkylation sites (tertiary alicyclic amines) is 1. The maximum absolute atomic E-state index is 12.2. The van der Waals surface area contributed by atoms with E-state index in [-0.39, 0.29) is 12.5 Å². The van der Waals surface area contributed by atoms with Crippen LogP contribution in [-0.2, 0) is 16.1 Å². The smallest absolute Gasteiger partial charge is 0.248 e. The summed E-state index contributed by atoms with van der Waals surface area (Å²) in [5.74, 6) is 0.121. The second kappa shape index (κ2) is 6.37. The van der Waals surface area contributed by atoms with Crippen LogP contribution in [0.15, 0.2) is 30.3 Å². The van der Waals surface area contributed by atoms with Crippen LogP contribution in [0.5, 0.6) is 0 Å². The van der Waals surface area contributed by atoms with E-state index < -0.39 is 0 Å². The summed E-state index contributed by atoms with van der Waals surface area (Å²) in [6.07, 6.45) is 3.53. The molecule has 2 bridgehead atoms. The van der Waals surface area contributed by atoms with Crippen LogP contribution in [0.2, 0.25) is 0 Å². The molecule has 2 saturated heterocycles. The number of carbonyl (C=O) groups excluding carboxylic acids is 1. The Morgan fingerprint density at radius 3 is 2.85 bits per heavy atom. The zero-order valence-electron chi connectivity index (χ0n) is 11.8. The van der Waals surface area contributed by atoms with Gasteiger partial charge in [0.1, 0.15) is 6.61 Å². The first kappa shape index (κ1) is 13.6. The van der Waals surface area contributed by atoms with E-state index >= 15 is 0 Å². The molecule has 1 aromatic rings. The first-order valence-corrected chi connectivity index (χ1v) is 7.47. The van der Waals surface area contributed by atoms with Crippen LogP contribution in [0.25, 0.3) is 0 Å². The summed E-state index contributed by atoms with van der Waals surface area (Å²) in [7, 11) is 0. The van der Waals surface area contributed by atoms with Gasteiger partial charge in [0.05, 0.1) is 6.61 Å². The van der Waals surface area contributed by atoms with Crippen LogP contribution in [0.1, 0.15) is 24.8 Å². The predicted molar refractivity (Wildman–Crippen MR) is 77.2 cm³/mol. The van der Waals surface area contributed by atoms with E-state index in [1.54, 1.807) is 0 Å². The molecule has 0 aromatic heterocycles. The molecule has 0 radical (unpaired) electrons. The number of ether oxygens (including phenoxy) is 1. The van der Waals surface area contributed by atoms with Gasteiger partial charge in [0.15, 0.2) is 0 Å². The van der Waals surface area contributed by atoms with Crippen molar-refractivity contribution in [2.45, 2.75) is 38.0 Å². The molecular formula is C16H22N2O2. The molecule has 1 amide bonds. The number of hydrogen-bond acceptors (Lipinski definition) is 3. The van der Waals surface area contributed by atoms with Gasteiger partial charge in [0, 0.05) is 25.2 Å². The molecule has 1 aromatic carbocycles. The van der Waals surface area contributed by atoms with Gasteiger partial charge in [-0.3, -0.25) is 4.79 Å². The molecule has 2 atom stereocenters. The van der Waals surface area contributed by atoms with Crippen molar-refractivity contribution in [3.8, 4) is 0 Å². The largest absolute Gasteiger partial charge is 0.367 e.